The molecule has 0 spiro atoms. The van der Waals surface area contributed by atoms with E-state index in [1.807, 2.05) is 6.07 Å². The van der Waals surface area contributed by atoms with Gasteiger partial charge in [0.1, 0.15) is 0 Å². The SMILES string of the molecule is COc1ccc(CN2CCCCC2CCO)cc1O. The third-order valence-electron chi connectivity index (χ3n) is 3.84. The van der Waals surface area contributed by atoms with E-state index < -0.39 is 0 Å². The topological polar surface area (TPSA) is 52.9 Å². The highest BCUT2D eigenvalue weighted by molar-refractivity contribution is 5.41. The number of ether oxygens (including phenoxy) is 1. The average molecular weight is 265 g/mol. The monoisotopic (exact) mass is 265 g/mol. The lowest BCUT2D eigenvalue weighted by molar-refractivity contribution is 0.112. The van der Waals surface area contributed by atoms with Crippen LogP contribution in [-0.2, 0) is 6.54 Å². The van der Waals surface area contributed by atoms with Crippen molar-refractivity contribution in [2.24, 2.45) is 0 Å². The van der Waals surface area contributed by atoms with Crippen LogP contribution in [0.5, 0.6) is 11.5 Å². The molecule has 0 aromatic heterocycles. The van der Waals surface area contributed by atoms with Crippen molar-refractivity contribution in [3.63, 3.8) is 0 Å². The van der Waals surface area contributed by atoms with Crippen LogP contribution in [0.1, 0.15) is 31.2 Å². The van der Waals surface area contributed by atoms with Gasteiger partial charge < -0.3 is 14.9 Å². The van der Waals surface area contributed by atoms with Crippen molar-refractivity contribution in [1.29, 1.82) is 0 Å². The molecule has 0 bridgehead atoms. The molecule has 4 heteroatoms. The number of aromatic hydroxyl groups is 1. The fourth-order valence-corrected chi connectivity index (χ4v) is 2.81. The highest BCUT2D eigenvalue weighted by atomic mass is 16.5. The van der Waals surface area contributed by atoms with E-state index in [0.717, 1.165) is 31.5 Å². The predicted octanol–water partition coefficient (Wildman–Crippen LogP) is 2.14. The lowest BCUT2D eigenvalue weighted by Crippen LogP contribution is -2.39. The van der Waals surface area contributed by atoms with Crippen LogP contribution < -0.4 is 4.74 Å². The maximum Gasteiger partial charge on any atom is 0.160 e. The molecule has 2 N–H and O–H groups in total. The van der Waals surface area contributed by atoms with Crippen molar-refractivity contribution < 1.29 is 14.9 Å². The number of piperidine rings is 1. The number of methoxy groups -OCH3 is 1. The molecule has 0 aliphatic carbocycles. The van der Waals surface area contributed by atoms with Crippen LogP contribution in [0.25, 0.3) is 0 Å². The Hall–Kier alpha value is -1.26. The summed E-state index contributed by atoms with van der Waals surface area (Å²) in [7, 11) is 1.55. The van der Waals surface area contributed by atoms with E-state index in [-0.39, 0.29) is 12.4 Å². The highest BCUT2D eigenvalue weighted by Gasteiger charge is 2.22. The van der Waals surface area contributed by atoms with Crippen molar-refractivity contribution in [1.82, 2.24) is 4.90 Å². The van der Waals surface area contributed by atoms with E-state index in [2.05, 4.69) is 4.90 Å². The fraction of sp³-hybridized carbons (Fsp3) is 0.600. The third kappa shape index (κ3) is 3.61. The molecule has 106 valence electrons. The summed E-state index contributed by atoms with van der Waals surface area (Å²) < 4.78 is 5.05. The lowest BCUT2D eigenvalue weighted by Gasteiger charge is -2.35. The number of rotatable bonds is 5. The first-order valence-electron chi connectivity index (χ1n) is 6.95. The van der Waals surface area contributed by atoms with Crippen LogP contribution in [0.3, 0.4) is 0 Å². The van der Waals surface area contributed by atoms with Crippen LogP contribution in [-0.4, -0.2) is 41.4 Å². The largest absolute Gasteiger partial charge is 0.504 e. The Labute approximate surface area is 114 Å². The minimum atomic E-state index is 0.190. The number of hydrogen-bond donors (Lipinski definition) is 2. The van der Waals surface area contributed by atoms with Crippen molar-refractivity contribution in [3.05, 3.63) is 23.8 Å². The molecule has 0 radical (unpaired) electrons. The first-order valence-corrected chi connectivity index (χ1v) is 6.95. The van der Waals surface area contributed by atoms with E-state index in [4.69, 9.17) is 9.84 Å². The molecule has 1 aliphatic rings. The van der Waals surface area contributed by atoms with Gasteiger partial charge in [-0.05, 0) is 43.5 Å². The van der Waals surface area contributed by atoms with E-state index in [1.54, 1.807) is 19.2 Å². The molecule has 1 heterocycles. The minimum absolute atomic E-state index is 0.190. The van der Waals surface area contributed by atoms with Gasteiger partial charge in [0.2, 0.25) is 0 Å². The van der Waals surface area contributed by atoms with Crippen molar-refractivity contribution in [2.45, 2.75) is 38.3 Å². The van der Waals surface area contributed by atoms with Crippen LogP contribution >= 0.6 is 0 Å². The summed E-state index contributed by atoms with van der Waals surface area (Å²) in [6, 6.07) is 6.02. The summed E-state index contributed by atoms with van der Waals surface area (Å²) in [5, 5.41) is 18.9. The molecule has 1 fully saturated rings. The second-order valence-electron chi connectivity index (χ2n) is 5.14. The Kier molecular flexibility index (Phi) is 5.05. The summed E-state index contributed by atoms with van der Waals surface area (Å²) in [5.41, 5.74) is 1.09. The number of benzene rings is 1. The van der Waals surface area contributed by atoms with Crippen molar-refractivity contribution in [3.8, 4) is 11.5 Å². The van der Waals surface area contributed by atoms with E-state index >= 15 is 0 Å². The number of phenolic OH excluding ortho intramolecular Hbond substituents is 1. The Morgan fingerprint density at radius 1 is 1.37 bits per heavy atom. The van der Waals surface area contributed by atoms with Gasteiger partial charge >= 0.3 is 0 Å². The summed E-state index contributed by atoms with van der Waals surface area (Å²) in [6.45, 7) is 2.13. The molecule has 4 nitrogen and oxygen atoms in total. The first-order chi connectivity index (χ1) is 9.24. The molecule has 1 atom stereocenters. The van der Waals surface area contributed by atoms with Crippen LogP contribution in [0, 0.1) is 0 Å². The molecule has 2 rings (SSSR count). The zero-order valence-electron chi connectivity index (χ0n) is 11.5. The number of aliphatic hydroxyl groups is 1. The second kappa shape index (κ2) is 6.78. The zero-order chi connectivity index (χ0) is 13.7. The van der Waals surface area contributed by atoms with Gasteiger partial charge in [-0.1, -0.05) is 12.5 Å². The quantitative estimate of drug-likeness (QED) is 0.856. The number of nitrogens with zero attached hydrogens (tertiary/aromatic N) is 1. The normalized spacial score (nSPS) is 20.4. The average Bonchev–Trinajstić information content (AvgIpc) is 2.41. The molecular weight excluding hydrogens is 242 g/mol. The molecule has 1 unspecified atom stereocenters. The second-order valence-corrected chi connectivity index (χ2v) is 5.14. The van der Waals surface area contributed by atoms with E-state index in [9.17, 15) is 5.11 Å². The van der Waals surface area contributed by atoms with Gasteiger partial charge in [0, 0.05) is 19.2 Å². The van der Waals surface area contributed by atoms with Gasteiger partial charge in [0.25, 0.3) is 0 Å². The van der Waals surface area contributed by atoms with Crippen LogP contribution in [0.15, 0.2) is 18.2 Å². The Morgan fingerprint density at radius 3 is 2.89 bits per heavy atom. The summed E-state index contributed by atoms with van der Waals surface area (Å²) in [6.07, 6.45) is 4.45. The molecule has 0 amide bonds. The van der Waals surface area contributed by atoms with Crippen LogP contribution in [0.2, 0.25) is 0 Å². The third-order valence-corrected chi connectivity index (χ3v) is 3.84. The number of hydrogen-bond acceptors (Lipinski definition) is 4. The van der Waals surface area contributed by atoms with Gasteiger partial charge in [0.05, 0.1) is 7.11 Å². The Morgan fingerprint density at radius 2 is 2.21 bits per heavy atom. The van der Waals surface area contributed by atoms with Crippen LogP contribution in [0.4, 0.5) is 0 Å². The first kappa shape index (κ1) is 14.2. The van der Waals surface area contributed by atoms with Gasteiger partial charge in [-0.15, -0.1) is 0 Å². The standard InChI is InChI=1S/C15H23NO3/c1-19-15-6-5-12(10-14(15)18)11-16-8-3-2-4-13(16)7-9-17/h5-6,10,13,17-18H,2-4,7-9,11H2,1H3. The van der Waals surface area contributed by atoms with Crippen molar-refractivity contribution in [2.75, 3.05) is 20.3 Å². The number of phenols is 1. The number of likely N-dealkylation sites (tertiary alicyclic amines) is 1. The minimum Gasteiger partial charge on any atom is -0.504 e. The van der Waals surface area contributed by atoms with Gasteiger partial charge in [0.15, 0.2) is 11.5 Å². The predicted molar refractivity (Wildman–Crippen MR) is 74.4 cm³/mol. The Bertz CT molecular complexity index is 406. The number of aliphatic hydroxyl groups excluding tert-OH is 1. The highest BCUT2D eigenvalue weighted by Crippen LogP contribution is 2.28. The summed E-state index contributed by atoms with van der Waals surface area (Å²) in [4.78, 5) is 2.40. The fourth-order valence-electron chi connectivity index (χ4n) is 2.81. The molecule has 1 aromatic carbocycles. The van der Waals surface area contributed by atoms with E-state index in [1.165, 1.54) is 12.8 Å². The summed E-state index contributed by atoms with van der Waals surface area (Å²) >= 11 is 0. The van der Waals surface area contributed by atoms with E-state index in [0.29, 0.717) is 11.8 Å². The van der Waals surface area contributed by atoms with Gasteiger partial charge in [-0.25, -0.2) is 0 Å². The lowest BCUT2D eigenvalue weighted by atomic mass is 9.99. The molecule has 1 aliphatic heterocycles. The maximum atomic E-state index is 9.81. The molecule has 1 saturated heterocycles. The molecule has 1 aromatic rings. The summed E-state index contributed by atoms with van der Waals surface area (Å²) in [5.74, 6) is 0.699. The Balaban J connectivity index is 2.04. The molecular formula is C15H23NO3. The van der Waals surface area contributed by atoms with Gasteiger partial charge in [-0.2, -0.15) is 0 Å². The molecule has 19 heavy (non-hydrogen) atoms. The van der Waals surface area contributed by atoms with Crippen molar-refractivity contribution >= 4 is 0 Å². The maximum absolute atomic E-state index is 9.81. The smallest absolute Gasteiger partial charge is 0.160 e. The molecule has 0 saturated carbocycles. The zero-order valence-corrected chi connectivity index (χ0v) is 11.5. The van der Waals surface area contributed by atoms with Gasteiger partial charge in [-0.3, -0.25) is 4.90 Å².